The second kappa shape index (κ2) is 21.4. The maximum Gasteiger partial charge on any atom is 0.333 e. The third kappa shape index (κ3) is 15.4. The zero-order valence-corrected chi connectivity index (χ0v) is 26.7. The van der Waals surface area contributed by atoms with Crippen LogP contribution in [0.25, 0.3) is 0 Å². The Morgan fingerprint density at radius 1 is 0.457 bits per heavy atom. The molecule has 0 aromatic rings. The normalized spacial score (nSPS) is 9.91. The summed E-state index contributed by atoms with van der Waals surface area (Å²) in [7, 11) is 4.55. The summed E-state index contributed by atoms with van der Waals surface area (Å²) in [5, 5.41) is 5.10. The number of methoxy groups -OCH3 is 4. The molecule has 0 radical (unpaired) electrons. The van der Waals surface area contributed by atoms with Crippen LogP contribution in [0.15, 0.2) is 48.6 Å². The second-order valence-electron chi connectivity index (χ2n) is 9.55. The predicted octanol–water partition coefficient (Wildman–Crippen LogP) is -0.647. The Bertz CT molecular complexity index is 1150. The number of amides is 4. The standard InChI is InChI=1S/C30H42N4O12/c1-19(27(39)43-5)15-23(35)31-9-11-33(25(37)17-21(3)29(41)45-7)13-14-34(26(38)18-22(4)30(42)46-8)12-10-32-24(36)16-20(2)28(40)44-6/h1-4,9-18H2,5-8H3,(H,31,35)(H,32,36). The lowest BCUT2D eigenvalue weighted by Crippen LogP contribution is -2.46. The Labute approximate surface area is 267 Å². The number of nitrogens with zero attached hydrogens (tertiary/aromatic N) is 2. The van der Waals surface area contributed by atoms with Crippen LogP contribution in [0.5, 0.6) is 0 Å². The first-order chi connectivity index (χ1) is 21.6. The molecule has 0 spiro atoms. The highest BCUT2D eigenvalue weighted by atomic mass is 16.5. The number of carbonyl (C=O) groups excluding carboxylic acids is 8. The second-order valence-corrected chi connectivity index (χ2v) is 9.55. The van der Waals surface area contributed by atoms with Crippen molar-refractivity contribution >= 4 is 47.5 Å². The van der Waals surface area contributed by atoms with Crippen LogP contribution in [-0.4, -0.2) is 125 Å². The van der Waals surface area contributed by atoms with Gasteiger partial charge in [-0.05, 0) is 0 Å². The highest BCUT2D eigenvalue weighted by Gasteiger charge is 2.23. The molecule has 46 heavy (non-hydrogen) atoms. The van der Waals surface area contributed by atoms with Crippen molar-refractivity contribution in [2.24, 2.45) is 0 Å². The summed E-state index contributed by atoms with van der Waals surface area (Å²) in [4.78, 5) is 99.9. The molecule has 0 fully saturated rings. The molecule has 0 atom stereocenters. The highest BCUT2D eigenvalue weighted by molar-refractivity contribution is 5.96. The van der Waals surface area contributed by atoms with E-state index in [0.29, 0.717) is 0 Å². The number of hydrogen-bond acceptors (Lipinski definition) is 12. The fourth-order valence-corrected chi connectivity index (χ4v) is 3.59. The van der Waals surface area contributed by atoms with E-state index in [-0.39, 0.29) is 74.4 Å². The van der Waals surface area contributed by atoms with Gasteiger partial charge in [0.1, 0.15) is 0 Å². The Morgan fingerprint density at radius 3 is 0.978 bits per heavy atom. The summed E-state index contributed by atoms with van der Waals surface area (Å²) >= 11 is 0. The topological polar surface area (TPSA) is 204 Å². The summed E-state index contributed by atoms with van der Waals surface area (Å²) < 4.78 is 18.2. The van der Waals surface area contributed by atoms with Crippen LogP contribution >= 0.6 is 0 Å². The molecule has 0 saturated carbocycles. The molecule has 0 aromatic carbocycles. The van der Waals surface area contributed by atoms with Crippen molar-refractivity contribution in [2.45, 2.75) is 25.7 Å². The van der Waals surface area contributed by atoms with Crippen molar-refractivity contribution in [3.63, 3.8) is 0 Å². The number of ether oxygens (including phenoxy) is 4. The minimum atomic E-state index is -0.799. The van der Waals surface area contributed by atoms with Gasteiger partial charge in [-0.25, -0.2) is 19.2 Å². The van der Waals surface area contributed by atoms with Crippen molar-refractivity contribution in [1.82, 2.24) is 20.4 Å². The Kier molecular flexibility index (Phi) is 19.0. The van der Waals surface area contributed by atoms with Crippen LogP contribution < -0.4 is 10.6 Å². The van der Waals surface area contributed by atoms with Gasteiger partial charge >= 0.3 is 23.9 Å². The molecule has 0 aliphatic heterocycles. The van der Waals surface area contributed by atoms with Crippen molar-refractivity contribution in [2.75, 3.05) is 67.7 Å². The summed E-state index contributed by atoms with van der Waals surface area (Å²) in [5.41, 5.74) is -0.414. The summed E-state index contributed by atoms with van der Waals surface area (Å²) in [5.74, 6) is -5.39. The van der Waals surface area contributed by atoms with Crippen LogP contribution in [0.4, 0.5) is 0 Å². The quantitative estimate of drug-likeness (QED) is 0.0904. The van der Waals surface area contributed by atoms with E-state index in [4.69, 9.17) is 0 Å². The van der Waals surface area contributed by atoms with Gasteiger partial charge in [0.15, 0.2) is 0 Å². The van der Waals surface area contributed by atoms with Gasteiger partial charge in [-0.2, -0.15) is 0 Å². The van der Waals surface area contributed by atoms with E-state index >= 15 is 0 Å². The average Bonchev–Trinajstić information content (AvgIpc) is 3.02. The lowest BCUT2D eigenvalue weighted by Gasteiger charge is -2.28. The van der Waals surface area contributed by atoms with E-state index in [2.05, 4.69) is 55.9 Å². The maximum absolute atomic E-state index is 13.1. The van der Waals surface area contributed by atoms with Crippen molar-refractivity contribution in [3.8, 4) is 0 Å². The molecule has 0 bridgehead atoms. The first-order valence-corrected chi connectivity index (χ1v) is 13.7. The van der Waals surface area contributed by atoms with Crippen LogP contribution in [0, 0.1) is 0 Å². The molecular weight excluding hydrogens is 608 g/mol. The number of carbonyl (C=O) groups is 8. The lowest BCUT2D eigenvalue weighted by molar-refractivity contribution is -0.139. The van der Waals surface area contributed by atoms with Crippen molar-refractivity contribution in [3.05, 3.63) is 48.6 Å². The Balaban J connectivity index is 5.73. The van der Waals surface area contributed by atoms with Crippen molar-refractivity contribution < 1.29 is 57.3 Å². The zero-order chi connectivity index (χ0) is 35.4. The molecule has 0 rings (SSSR count). The Hall–Kier alpha value is -5.28. The summed E-state index contributed by atoms with van der Waals surface area (Å²) in [6.07, 6.45) is -1.53. The van der Waals surface area contributed by atoms with E-state index in [9.17, 15) is 38.4 Å². The number of hydrogen-bond donors (Lipinski definition) is 2. The van der Waals surface area contributed by atoms with E-state index < -0.39 is 60.3 Å². The number of nitrogens with one attached hydrogen (secondary N) is 2. The van der Waals surface area contributed by atoms with Crippen LogP contribution in [0.1, 0.15) is 25.7 Å². The van der Waals surface area contributed by atoms with Crippen molar-refractivity contribution in [1.29, 1.82) is 0 Å². The number of rotatable bonds is 21. The molecule has 16 heteroatoms. The molecule has 0 aliphatic carbocycles. The molecule has 0 aromatic heterocycles. The van der Waals surface area contributed by atoms with E-state index in [0.717, 1.165) is 28.4 Å². The SMILES string of the molecule is C=C(CC(=O)NCCN(CCN(CCNC(=O)CC(=C)C(=O)OC)C(=O)CC(=C)C(=O)OC)C(=O)CC(=C)C(=O)OC)C(=O)OC. The Morgan fingerprint density at radius 2 is 0.717 bits per heavy atom. The first kappa shape index (κ1) is 40.7. The van der Waals surface area contributed by atoms with Crippen LogP contribution in [-0.2, 0) is 57.3 Å². The van der Waals surface area contributed by atoms with Gasteiger partial charge < -0.3 is 39.4 Å². The largest absolute Gasteiger partial charge is 0.466 e. The van der Waals surface area contributed by atoms with E-state index in [1.807, 2.05) is 0 Å². The smallest absolute Gasteiger partial charge is 0.333 e. The fraction of sp³-hybridized carbons (Fsp3) is 0.467. The summed E-state index contributed by atoms with van der Waals surface area (Å²) in [6, 6.07) is 0. The summed E-state index contributed by atoms with van der Waals surface area (Å²) in [6.45, 7) is 13.5. The fourth-order valence-electron chi connectivity index (χ4n) is 3.59. The molecule has 0 unspecified atom stereocenters. The highest BCUT2D eigenvalue weighted by Crippen LogP contribution is 2.09. The molecular formula is C30H42N4O12. The van der Waals surface area contributed by atoms with Gasteiger partial charge in [0.25, 0.3) is 0 Å². The molecule has 4 amide bonds. The number of esters is 4. The lowest BCUT2D eigenvalue weighted by atomic mass is 10.2. The van der Waals surface area contributed by atoms with Gasteiger partial charge in [0.05, 0.1) is 54.1 Å². The monoisotopic (exact) mass is 650 g/mol. The molecule has 0 saturated heterocycles. The van der Waals surface area contributed by atoms with E-state index in [1.165, 1.54) is 9.80 Å². The zero-order valence-electron chi connectivity index (χ0n) is 26.7. The molecule has 2 N–H and O–H groups in total. The third-order valence-corrected chi connectivity index (χ3v) is 6.13. The average molecular weight is 651 g/mol. The van der Waals surface area contributed by atoms with E-state index in [1.54, 1.807) is 0 Å². The minimum Gasteiger partial charge on any atom is -0.466 e. The van der Waals surface area contributed by atoms with Gasteiger partial charge in [-0.1, -0.05) is 26.3 Å². The van der Waals surface area contributed by atoms with Gasteiger partial charge in [-0.15, -0.1) is 0 Å². The predicted molar refractivity (Wildman–Crippen MR) is 162 cm³/mol. The van der Waals surface area contributed by atoms with Crippen LogP contribution in [0.3, 0.4) is 0 Å². The van der Waals surface area contributed by atoms with Gasteiger partial charge in [0, 0.05) is 61.6 Å². The van der Waals surface area contributed by atoms with Gasteiger partial charge in [0.2, 0.25) is 23.6 Å². The maximum atomic E-state index is 13.1. The minimum absolute atomic E-state index is 0.0725. The third-order valence-electron chi connectivity index (χ3n) is 6.13. The molecule has 0 heterocycles. The van der Waals surface area contributed by atoms with Gasteiger partial charge in [-0.3, -0.25) is 19.2 Å². The molecule has 0 aliphatic rings. The van der Waals surface area contributed by atoms with Crippen LogP contribution in [0.2, 0.25) is 0 Å². The first-order valence-electron chi connectivity index (χ1n) is 13.7. The molecule has 254 valence electrons. The molecule has 16 nitrogen and oxygen atoms in total.